The average molecular weight is 335 g/mol. The number of benzene rings is 1. The second-order valence-electron chi connectivity index (χ2n) is 6.72. The minimum absolute atomic E-state index is 0.0166. The van der Waals surface area contributed by atoms with Gasteiger partial charge in [0.05, 0.1) is 11.6 Å². The first-order valence-corrected chi connectivity index (χ1v) is 8.71. The molecule has 1 saturated heterocycles. The number of nitrogens with zero attached hydrogens (tertiary/aromatic N) is 1. The predicted octanol–water partition coefficient (Wildman–Crippen LogP) is 3.53. The quantitative estimate of drug-likeness (QED) is 0.752. The average Bonchev–Trinajstić information content (AvgIpc) is 3.05. The first kappa shape index (κ1) is 15.7. The lowest BCUT2D eigenvalue weighted by atomic mass is 9.97. The summed E-state index contributed by atoms with van der Waals surface area (Å²) in [6.07, 6.45) is 4.59. The maximum Gasteiger partial charge on any atom is 0.256 e. The Hall–Kier alpha value is -2.82. The number of amides is 1. The lowest BCUT2D eigenvalue weighted by Crippen LogP contribution is -2.39. The molecule has 1 aliphatic rings. The maximum atomic E-state index is 13.1. The van der Waals surface area contributed by atoms with E-state index in [1.165, 1.54) is 12.3 Å². The van der Waals surface area contributed by atoms with Crippen molar-refractivity contribution < 1.29 is 4.79 Å². The van der Waals surface area contributed by atoms with Gasteiger partial charge in [-0.2, -0.15) is 0 Å². The Morgan fingerprint density at radius 2 is 2.04 bits per heavy atom. The number of para-hydroxylation sites is 1. The van der Waals surface area contributed by atoms with Crippen LogP contribution in [0.3, 0.4) is 0 Å². The van der Waals surface area contributed by atoms with Crippen molar-refractivity contribution in [2.24, 2.45) is 0 Å². The fourth-order valence-corrected chi connectivity index (χ4v) is 3.73. The molecule has 1 atom stereocenters. The molecule has 4 rings (SSSR count). The third-order valence-corrected chi connectivity index (χ3v) is 5.04. The summed E-state index contributed by atoms with van der Waals surface area (Å²) in [6, 6.07) is 11.8. The number of aromatic nitrogens is 2. The first-order chi connectivity index (χ1) is 12.1. The molecule has 25 heavy (non-hydrogen) atoms. The van der Waals surface area contributed by atoms with E-state index >= 15 is 0 Å². The van der Waals surface area contributed by atoms with Crippen molar-refractivity contribution >= 4 is 16.8 Å². The second kappa shape index (κ2) is 6.24. The number of carbonyl (C=O) groups excluding carboxylic acids is 1. The van der Waals surface area contributed by atoms with Gasteiger partial charge in [0.2, 0.25) is 5.56 Å². The highest BCUT2D eigenvalue weighted by Gasteiger charge is 2.30. The number of hydrogen-bond acceptors (Lipinski definition) is 2. The van der Waals surface area contributed by atoms with Crippen LogP contribution >= 0.6 is 0 Å². The maximum absolute atomic E-state index is 13.1. The highest BCUT2D eigenvalue weighted by molar-refractivity contribution is 5.95. The standard InChI is InChI=1S/C20H21N3O2/c1-13-10-19(24)21-12-15(13)20(25)23-9-5-4-8-18(23)17-11-14-6-2-3-7-16(14)22-17/h2-3,6-7,10-12,18,22H,4-5,8-9H2,1H3,(H,21,24). The van der Waals surface area contributed by atoms with E-state index < -0.39 is 0 Å². The topological polar surface area (TPSA) is 69.0 Å². The van der Waals surface area contributed by atoms with Crippen molar-refractivity contribution in [3.8, 4) is 0 Å². The van der Waals surface area contributed by atoms with Gasteiger partial charge in [-0.3, -0.25) is 9.59 Å². The smallest absolute Gasteiger partial charge is 0.256 e. The van der Waals surface area contributed by atoms with E-state index in [1.807, 2.05) is 24.0 Å². The van der Waals surface area contributed by atoms with E-state index in [2.05, 4.69) is 28.2 Å². The SMILES string of the molecule is Cc1cc(=O)[nH]cc1C(=O)N1CCCCC1c1cc2ccccc2[nH]1. The Morgan fingerprint density at radius 1 is 1.20 bits per heavy atom. The third kappa shape index (κ3) is 2.86. The van der Waals surface area contributed by atoms with Gasteiger partial charge in [-0.25, -0.2) is 0 Å². The summed E-state index contributed by atoms with van der Waals surface area (Å²) < 4.78 is 0. The van der Waals surface area contributed by atoms with Crippen LogP contribution < -0.4 is 5.56 Å². The summed E-state index contributed by atoms with van der Waals surface area (Å²) in [6.45, 7) is 2.54. The summed E-state index contributed by atoms with van der Waals surface area (Å²) in [4.78, 5) is 32.6. The molecule has 0 bridgehead atoms. The minimum Gasteiger partial charge on any atom is -0.357 e. The van der Waals surface area contributed by atoms with Crippen LogP contribution in [-0.2, 0) is 0 Å². The number of likely N-dealkylation sites (tertiary alicyclic amines) is 1. The zero-order valence-corrected chi connectivity index (χ0v) is 14.2. The van der Waals surface area contributed by atoms with Crippen molar-refractivity contribution in [1.29, 1.82) is 0 Å². The van der Waals surface area contributed by atoms with Crippen LogP contribution in [0, 0.1) is 6.92 Å². The number of piperidine rings is 1. The molecule has 0 spiro atoms. The second-order valence-corrected chi connectivity index (χ2v) is 6.72. The number of aromatic amines is 2. The molecule has 2 aromatic heterocycles. The number of H-pyrrole nitrogens is 2. The van der Waals surface area contributed by atoms with Gasteiger partial charge < -0.3 is 14.9 Å². The van der Waals surface area contributed by atoms with Crippen LogP contribution in [0.4, 0.5) is 0 Å². The molecule has 128 valence electrons. The molecule has 5 nitrogen and oxygen atoms in total. The van der Waals surface area contributed by atoms with Gasteiger partial charge in [0, 0.05) is 30.0 Å². The Bertz CT molecular complexity index is 953. The lowest BCUT2D eigenvalue weighted by molar-refractivity contribution is 0.0605. The lowest BCUT2D eigenvalue weighted by Gasteiger charge is -2.35. The van der Waals surface area contributed by atoms with E-state index in [0.717, 1.165) is 48.0 Å². The summed E-state index contributed by atoms with van der Waals surface area (Å²) in [5.74, 6) is -0.0166. The van der Waals surface area contributed by atoms with Crippen LogP contribution in [0.15, 0.2) is 47.4 Å². The normalized spacial score (nSPS) is 17.8. The van der Waals surface area contributed by atoms with E-state index in [4.69, 9.17) is 0 Å². The molecule has 1 aromatic carbocycles. The van der Waals surface area contributed by atoms with Crippen molar-refractivity contribution in [1.82, 2.24) is 14.9 Å². The Morgan fingerprint density at radius 3 is 2.84 bits per heavy atom. The number of fused-ring (bicyclic) bond motifs is 1. The van der Waals surface area contributed by atoms with Crippen LogP contribution in [-0.4, -0.2) is 27.3 Å². The van der Waals surface area contributed by atoms with Crippen LogP contribution in [0.2, 0.25) is 0 Å². The number of carbonyl (C=O) groups is 1. The molecule has 5 heteroatoms. The molecule has 3 heterocycles. The summed E-state index contributed by atoms with van der Waals surface area (Å²) in [5, 5.41) is 1.16. The zero-order chi connectivity index (χ0) is 17.4. The molecule has 1 aliphatic heterocycles. The Labute approximate surface area is 145 Å². The molecular formula is C20H21N3O2. The fraction of sp³-hybridized carbons (Fsp3) is 0.300. The molecule has 0 radical (unpaired) electrons. The Kier molecular flexibility index (Phi) is 3.92. The third-order valence-electron chi connectivity index (χ3n) is 5.04. The van der Waals surface area contributed by atoms with Gasteiger partial charge in [-0.05, 0) is 49.3 Å². The number of nitrogens with one attached hydrogen (secondary N) is 2. The van der Waals surface area contributed by atoms with E-state index in [9.17, 15) is 9.59 Å². The van der Waals surface area contributed by atoms with Gasteiger partial charge in [0.1, 0.15) is 0 Å². The summed E-state index contributed by atoms with van der Waals surface area (Å²) in [5.41, 5.74) is 3.28. The van der Waals surface area contributed by atoms with Gasteiger partial charge in [0.25, 0.3) is 5.91 Å². The van der Waals surface area contributed by atoms with Crippen molar-refractivity contribution in [2.45, 2.75) is 32.2 Å². The number of pyridine rings is 1. The molecule has 1 unspecified atom stereocenters. The van der Waals surface area contributed by atoms with Crippen molar-refractivity contribution in [3.63, 3.8) is 0 Å². The molecule has 0 saturated carbocycles. The van der Waals surface area contributed by atoms with Crippen LogP contribution in [0.25, 0.3) is 10.9 Å². The molecular weight excluding hydrogens is 314 g/mol. The predicted molar refractivity (Wildman–Crippen MR) is 97.7 cm³/mol. The van der Waals surface area contributed by atoms with E-state index in [1.54, 1.807) is 0 Å². The fourth-order valence-electron chi connectivity index (χ4n) is 3.73. The van der Waals surface area contributed by atoms with Gasteiger partial charge in [0.15, 0.2) is 0 Å². The molecule has 1 amide bonds. The summed E-state index contributed by atoms with van der Waals surface area (Å²) >= 11 is 0. The summed E-state index contributed by atoms with van der Waals surface area (Å²) in [7, 11) is 0. The van der Waals surface area contributed by atoms with Crippen LogP contribution in [0.1, 0.15) is 46.9 Å². The van der Waals surface area contributed by atoms with Gasteiger partial charge >= 0.3 is 0 Å². The monoisotopic (exact) mass is 335 g/mol. The van der Waals surface area contributed by atoms with Crippen molar-refractivity contribution in [2.75, 3.05) is 6.54 Å². The molecule has 0 aliphatic carbocycles. The number of rotatable bonds is 2. The van der Waals surface area contributed by atoms with Crippen molar-refractivity contribution in [3.05, 3.63) is 69.8 Å². The number of aryl methyl sites for hydroxylation is 1. The Balaban J connectivity index is 1.71. The van der Waals surface area contributed by atoms with E-state index in [0.29, 0.717) is 5.56 Å². The molecule has 3 aromatic rings. The van der Waals surface area contributed by atoms with E-state index in [-0.39, 0.29) is 17.5 Å². The molecule has 1 fully saturated rings. The van der Waals surface area contributed by atoms with Crippen LogP contribution in [0.5, 0.6) is 0 Å². The zero-order valence-electron chi connectivity index (χ0n) is 14.2. The van der Waals surface area contributed by atoms with Gasteiger partial charge in [-0.1, -0.05) is 18.2 Å². The minimum atomic E-state index is -0.181. The van der Waals surface area contributed by atoms with Gasteiger partial charge in [-0.15, -0.1) is 0 Å². The number of hydrogen-bond donors (Lipinski definition) is 2. The first-order valence-electron chi connectivity index (χ1n) is 8.71. The largest absolute Gasteiger partial charge is 0.357 e. The molecule has 2 N–H and O–H groups in total. The highest BCUT2D eigenvalue weighted by Crippen LogP contribution is 2.33. The highest BCUT2D eigenvalue weighted by atomic mass is 16.2.